The highest BCUT2D eigenvalue weighted by Crippen LogP contribution is 2.50. The quantitative estimate of drug-likeness (QED) is 0.589. The van der Waals surface area contributed by atoms with Gasteiger partial charge in [0.15, 0.2) is 5.58 Å². The summed E-state index contributed by atoms with van der Waals surface area (Å²) < 4.78 is 17.7. The van der Waals surface area contributed by atoms with Gasteiger partial charge in [-0.15, -0.1) is 0 Å². The fourth-order valence-corrected chi connectivity index (χ4v) is 4.30. The minimum atomic E-state index is -0.0496. The van der Waals surface area contributed by atoms with Gasteiger partial charge < -0.3 is 19.0 Å². The maximum atomic E-state index is 9.70. The van der Waals surface area contributed by atoms with Gasteiger partial charge in [-0.2, -0.15) is 0 Å². The fourth-order valence-electron chi connectivity index (χ4n) is 4.30. The van der Waals surface area contributed by atoms with E-state index in [0.29, 0.717) is 29.3 Å². The maximum absolute atomic E-state index is 9.70. The number of hydrogen-bond donors (Lipinski definition) is 1. The third kappa shape index (κ3) is 3.46. The standard InChI is InChI=1S/C24H27NO4/c1-23(2,3)21-20(28-13-24(21,4)5)14-9-15(11-17(10-14)27-6)22-25-18-8-7-16(26)12-19(18)29-22/h7-12,26H,13H2,1-6H3. The molecule has 1 N–H and O–H groups in total. The number of nitrogens with zero attached hydrogens (tertiary/aromatic N) is 1. The van der Waals surface area contributed by atoms with E-state index in [-0.39, 0.29) is 16.6 Å². The van der Waals surface area contributed by atoms with E-state index in [1.807, 2.05) is 18.2 Å². The van der Waals surface area contributed by atoms with E-state index in [4.69, 9.17) is 13.9 Å². The Morgan fingerprint density at radius 1 is 1.07 bits per heavy atom. The van der Waals surface area contributed by atoms with Crippen molar-refractivity contribution in [3.8, 4) is 23.0 Å². The molecule has 29 heavy (non-hydrogen) atoms. The molecule has 0 spiro atoms. The Kier molecular flexibility index (Phi) is 4.37. The van der Waals surface area contributed by atoms with Crippen LogP contribution in [0.15, 0.2) is 46.4 Å². The van der Waals surface area contributed by atoms with E-state index in [2.05, 4.69) is 39.6 Å². The predicted octanol–water partition coefficient (Wildman–Crippen LogP) is 6.02. The van der Waals surface area contributed by atoms with Crippen molar-refractivity contribution in [2.24, 2.45) is 10.8 Å². The fraction of sp³-hybridized carbons (Fsp3) is 0.375. The van der Waals surface area contributed by atoms with Gasteiger partial charge in [-0.1, -0.05) is 34.6 Å². The van der Waals surface area contributed by atoms with E-state index >= 15 is 0 Å². The third-order valence-electron chi connectivity index (χ3n) is 5.25. The number of ether oxygens (including phenoxy) is 2. The Hall–Kier alpha value is -2.95. The number of phenols is 1. The molecule has 3 aromatic rings. The lowest BCUT2D eigenvalue weighted by molar-refractivity contribution is 0.213. The number of hydrogen-bond acceptors (Lipinski definition) is 5. The van der Waals surface area contributed by atoms with Crippen molar-refractivity contribution in [3.63, 3.8) is 0 Å². The Balaban J connectivity index is 1.90. The first-order chi connectivity index (χ1) is 13.6. The molecular formula is C24H27NO4. The number of phenolic OH excluding ortho intramolecular Hbond substituents is 1. The van der Waals surface area contributed by atoms with Crippen LogP contribution in [-0.4, -0.2) is 23.8 Å². The lowest BCUT2D eigenvalue weighted by Crippen LogP contribution is -2.24. The van der Waals surface area contributed by atoms with Crippen molar-refractivity contribution in [1.29, 1.82) is 0 Å². The SMILES string of the molecule is COc1cc(C2=C(C(C)(C)C)C(C)(C)CO2)cc(-c2nc3ccc(O)cc3o2)c1. The second-order valence-corrected chi connectivity index (χ2v) is 9.25. The van der Waals surface area contributed by atoms with Crippen LogP contribution >= 0.6 is 0 Å². The normalized spacial score (nSPS) is 16.3. The van der Waals surface area contributed by atoms with Gasteiger partial charge in [-0.25, -0.2) is 4.98 Å². The van der Waals surface area contributed by atoms with Gasteiger partial charge in [0.25, 0.3) is 0 Å². The van der Waals surface area contributed by atoms with Crippen LogP contribution in [0.4, 0.5) is 0 Å². The smallest absolute Gasteiger partial charge is 0.227 e. The number of oxazole rings is 1. The van der Waals surface area contributed by atoms with Gasteiger partial charge in [0.05, 0.1) is 13.7 Å². The van der Waals surface area contributed by atoms with Crippen LogP contribution in [0.1, 0.15) is 40.2 Å². The summed E-state index contributed by atoms with van der Waals surface area (Å²) in [7, 11) is 1.64. The first-order valence-corrected chi connectivity index (χ1v) is 9.76. The van der Waals surface area contributed by atoms with Gasteiger partial charge in [0.2, 0.25) is 5.89 Å². The first-order valence-electron chi connectivity index (χ1n) is 9.76. The molecule has 4 rings (SSSR count). The highest BCUT2D eigenvalue weighted by atomic mass is 16.5. The predicted molar refractivity (Wildman–Crippen MR) is 114 cm³/mol. The molecule has 5 nitrogen and oxygen atoms in total. The summed E-state index contributed by atoms with van der Waals surface area (Å²) >= 11 is 0. The number of benzene rings is 2. The van der Waals surface area contributed by atoms with Crippen molar-refractivity contribution in [3.05, 3.63) is 47.5 Å². The van der Waals surface area contributed by atoms with Crippen molar-refractivity contribution in [2.75, 3.05) is 13.7 Å². The van der Waals surface area contributed by atoms with Crippen LogP contribution in [-0.2, 0) is 4.74 Å². The number of methoxy groups -OCH3 is 1. The van der Waals surface area contributed by atoms with E-state index in [1.54, 1.807) is 25.3 Å². The minimum Gasteiger partial charge on any atom is -0.508 e. The van der Waals surface area contributed by atoms with Crippen molar-refractivity contribution in [1.82, 2.24) is 4.98 Å². The molecule has 1 aliphatic heterocycles. The van der Waals surface area contributed by atoms with Crippen LogP contribution in [0.2, 0.25) is 0 Å². The summed E-state index contributed by atoms with van der Waals surface area (Å²) in [6, 6.07) is 10.8. The highest BCUT2D eigenvalue weighted by Gasteiger charge is 2.41. The zero-order valence-corrected chi connectivity index (χ0v) is 17.8. The zero-order chi connectivity index (χ0) is 21.0. The number of fused-ring (bicyclic) bond motifs is 1. The molecule has 1 aromatic heterocycles. The summed E-state index contributed by atoms with van der Waals surface area (Å²) in [4.78, 5) is 4.57. The monoisotopic (exact) mass is 393 g/mol. The minimum absolute atomic E-state index is 0.0340. The van der Waals surface area contributed by atoms with Crippen molar-refractivity contribution < 1.29 is 19.0 Å². The Morgan fingerprint density at radius 2 is 1.79 bits per heavy atom. The Bertz CT molecular complexity index is 1120. The zero-order valence-electron chi connectivity index (χ0n) is 17.8. The largest absolute Gasteiger partial charge is 0.508 e. The summed E-state index contributed by atoms with van der Waals surface area (Å²) in [6.07, 6.45) is 0. The highest BCUT2D eigenvalue weighted by molar-refractivity contribution is 5.79. The average molecular weight is 393 g/mol. The van der Waals surface area contributed by atoms with E-state index in [0.717, 1.165) is 16.9 Å². The van der Waals surface area contributed by atoms with Crippen LogP contribution in [0.3, 0.4) is 0 Å². The first kappa shape index (κ1) is 19.4. The second kappa shape index (κ2) is 6.55. The average Bonchev–Trinajstić information content (AvgIpc) is 3.20. The van der Waals surface area contributed by atoms with E-state index in [9.17, 15) is 5.11 Å². The molecule has 5 heteroatoms. The molecule has 1 aliphatic rings. The van der Waals surface area contributed by atoms with Gasteiger partial charge in [-0.05, 0) is 41.3 Å². The molecule has 0 saturated heterocycles. The summed E-state index contributed by atoms with van der Waals surface area (Å²) in [5, 5.41) is 9.70. The molecule has 0 bridgehead atoms. The molecule has 0 fully saturated rings. The topological polar surface area (TPSA) is 64.7 Å². The van der Waals surface area contributed by atoms with Crippen molar-refractivity contribution >= 4 is 16.9 Å². The summed E-state index contributed by atoms with van der Waals surface area (Å²) in [5.41, 5.74) is 4.17. The Labute approximate surface area is 171 Å². The van der Waals surface area contributed by atoms with Crippen LogP contribution < -0.4 is 4.74 Å². The molecule has 0 radical (unpaired) electrons. The second-order valence-electron chi connectivity index (χ2n) is 9.25. The lowest BCUT2D eigenvalue weighted by Gasteiger charge is -2.30. The molecule has 0 saturated carbocycles. The maximum Gasteiger partial charge on any atom is 0.227 e. The molecule has 2 aromatic carbocycles. The van der Waals surface area contributed by atoms with E-state index < -0.39 is 0 Å². The van der Waals surface area contributed by atoms with Gasteiger partial charge in [0.1, 0.15) is 22.8 Å². The van der Waals surface area contributed by atoms with Crippen molar-refractivity contribution in [2.45, 2.75) is 34.6 Å². The molecule has 0 unspecified atom stereocenters. The molecule has 0 aliphatic carbocycles. The van der Waals surface area contributed by atoms with Gasteiger partial charge >= 0.3 is 0 Å². The van der Waals surface area contributed by atoms with Crippen LogP contribution in [0, 0.1) is 10.8 Å². The van der Waals surface area contributed by atoms with Gasteiger partial charge in [0, 0.05) is 22.6 Å². The Morgan fingerprint density at radius 3 is 2.48 bits per heavy atom. The van der Waals surface area contributed by atoms with Crippen LogP contribution in [0.25, 0.3) is 28.3 Å². The third-order valence-corrected chi connectivity index (χ3v) is 5.25. The molecule has 152 valence electrons. The summed E-state index contributed by atoms with van der Waals surface area (Å²) in [5.74, 6) is 2.22. The molecule has 0 atom stereocenters. The summed E-state index contributed by atoms with van der Waals surface area (Å²) in [6.45, 7) is 11.7. The van der Waals surface area contributed by atoms with E-state index in [1.165, 1.54) is 5.57 Å². The van der Waals surface area contributed by atoms with Crippen LogP contribution in [0.5, 0.6) is 11.5 Å². The number of aromatic hydroxyl groups is 1. The molecule has 0 amide bonds. The molecular weight excluding hydrogens is 366 g/mol. The lowest BCUT2D eigenvalue weighted by atomic mass is 9.71. The number of aromatic nitrogens is 1. The number of rotatable bonds is 3. The molecule has 2 heterocycles. The van der Waals surface area contributed by atoms with Gasteiger partial charge in [-0.3, -0.25) is 0 Å².